The Morgan fingerprint density at radius 3 is 2.21 bits per heavy atom. The van der Waals surface area contributed by atoms with Crippen LogP contribution in [0.2, 0.25) is 0 Å². The Hall–Kier alpha value is -6.64. The van der Waals surface area contributed by atoms with E-state index in [1.807, 2.05) is 88.7 Å². The Balaban J connectivity index is 0.726. The third-order valence-corrected chi connectivity index (χ3v) is 15.8. The van der Waals surface area contributed by atoms with Crippen LogP contribution in [0, 0.1) is 33.1 Å². The minimum Gasteiger partial charge on any atom is -0.494 e. The van der Waals surface area contributed by atoms with Gasteiger partial charge in [0.15, 0.2) is 5.82 Å². The number of carbonyl (C=O) groups excluding carboxylic acids is 4. The molecule has 1 fully saturated rings. The van der Waals surface area contributed by atoms with E-state index in [0.29, 0.717) is 49.9 Å². The molecule has 76 heavy (non-hydrogen) atoms. The van der Waals surface area contributed by atoms with Gasteiger partial charge in [0.1, 0.15) is 41.3 Å². The summed E-state index contributed by atoms with van der Waals surface area (Å²) in [5.41, 5.74) is 9.94. The van der Waals surface area contributed by atoms with Gasteiger partial charge in [-0.15, -0.1) is 32.9 Å². The molecule has 3 aromatic heterocycles. The van der Waals surface area contributed by atoms with Crippen LogP contribution in [0.1, 0.15) is 109 Å². The van der Waals surface area contributed by atoms with Crippen molar-refractivity contribution < 1.29 is 38.5 Å². The lowest BCUT2D eigenvalue weighted by Gasteiger charge is -2.35. The number of carbonyl (C=O) groups is 4. The molecule has 2 unspecified atom stereocenters. The van der Waals surface area contributed by atoms with E-state index >= 15 is 0 Å². The number of aliphatic hydroxyl groups is 1. The second-order valence-electron chi connectivity index (χ2n) is 20.4. The highest BCUT2D eigenvalue weighted by atomic mass is 32.1. The van der Waals surface area contributed by atoms with Crippen LogP contribution in [-0.4, -0.2) is 117 Å². The van der Waals surface area contributed by atoms with Crippen molar-refractivity contribution in [1.29, 1.82) is 0 Å². The summed E-state index contributed by atoms with van der Waals surface area (Å²) in [5, 5.41) is 29.3. The number of hydrogen-bond acceptors (Lipinski definition) is 14. The van der Waals surface area contributed by atoms with Crippen molar-refractivity contribution in [2.45, 2.75) is 118 Å². The van der Waals surface area contributed by atoms with E-state index in [1.54, 1.807) is 22.7 Å². The molecule has 2 aliphatic heterocycles. The average Bonchev–Trinajstić information content (AvgIpc) is 4.19. The highest BCUT2D eigenvalue weighted by molar-refractivity contribution is 7.15. The van der Waals surface area contributed by atoms with Gasteiger partial charge >= 0.3 is 0 Å². The van der Waals surface area contributed by atoms with E-state index < -0.39 is 41.5 Å². The molecule has 0 spiro atoms. The number of ether oxygens (including phenoxy) is 3. The molecule has 0 radical (unpaired) electrons. The third kappa shape index (κ3) is 13.5. The SMILES string of the molecule is CCc1ccc(C2=NC(CC(=O)Nc3ccc(OCCCOCCCOCC(=O)NC(C(=O)N4C[C@H](O)C[C@H]4C(=O)NCc4ccc(-c5scnc5C)cc4)C(C)(C)C)cc3)c3nnc(C)n3-c3sc(C)c(C)c32)cc1. The normalized spacial score (nSPS) is 16.6. The van der Waals surface area contributed by atoms with Crippen molar-refractivity contribution >= 4 is 57.7 Å². The third-order valence-electron chi connectivity index (χ3n) is 13.6. The molecule has 5 heterocycles. The van der Waals surface area contributed by atoms with Crippen molar-refractivity contribution in [2.24, 2.45) is 10.4 Å². The first-order valence-electron chi connectivity index (χ1n) is 25.9. The molecular weight excluding hydrogens is 1000 g/mol. The Labute approximate surface area is 452 Å². The number of nitrogens with one attached hydrogen (secondary N) is 3. The van der Waals surface area contributed by atoms with Gasteiger partial charge in [0.25, 0.3) is 0 Å². The van der Waals surface area contributed by atoms with Gasteiger partial charge in [-0.05, 0) is 92.5 Å². The van der Waals surface area contributed by atoms with Crippen molar-refractivity contribution in [2.75, 3.05) is 44.9 Å². The summed E-state index contributed by atoms with van der Waals surface area (Å²) in [6, 6.07) is 21.2. The zero-order chi connectivity index (χ0) is 54.1. The molecule has 1 saturated heterocycles. The fraction of sp³-hybridized carbons (Fsp3) is 0.439. The number of aliphatic imine (C=N–C) groups is 1. The predicted octanol–water partition coefficient (Wildman–Crippen LogP) is 8.17. The molecule has 3 aromatic carbocycles. The molecule has 0 bridgehead atoms. The number of aryl methyl sites for hydroxylation is 4. The molecule has 4 N–H and O–H groups in total. The largest absolute Gasteiger partial charge is 0.494 e. The van der Waals surface area contributed by atoms with Crippen LogP contribution in [0.3, 0.4) is 0 Å². The van der Waals surface area contributed by atoms with Crippen molar-refractivity contribution in [3.05, 3.63) is 128 Å². The van der Waals surface area contributed by atoms with Gasteiger partial charge < -0.3 is 40.2 Å². The minimum atomic E-state index is -0.961. The number of nitrogens with zero attached hydrogens (tertiary/aromatic N) is 6. The summed E-state index contributed by atoms with van der Waals surface area (Å²) in [7, 11) is 0. The first-order valence-corrected chi connectivity index (χ1v) is 27.6. The lowest BCUT2D eigenvalue weighted by molar-refractivity contribution is -0.144. The Kier molecular flexibility index (Phi) is 18.3. The molecule has 17 nitrogen and oxygen atoms in total. The molecule has 6 aromatic rings. The average molecular weight is 1070 g/mol. The molecule has 2 aliphatic rings. The zero-order valence-corrected chi connectivity index (χ0v) is 46.2. The number of aromatic nitrogens is 4. The number of benzene rings is 3. The van der Waals surface area contributed by atoms with Crippen LogP contribution in [-0.2, 0) is 41.6 Å². The molecule has 8 rings (SSSR count). The maximum atomic E-state index is 14.0. The fourth-order valence-electron chi connectivity index (χ4n) is 9.31. The number of hydrogen-bond donors (Lipinski definition) is 4. The molecule has 402 valence electrons. The zero-order valence-electron chi connectivity index (χ0n) is 44.6. The second-order valence-corrected chi connectivity index (χ2v) is 22.4. The Bertz CT molecular complexity index is 3010. The van der Waals surface area contributed by atoms with E-state index in [9.17, 15) is 24.3 Å². The first-order chi connectivity index (χ1) is 36.5. The number of likely N-dealkylation sites (tertiary alicyclic amines) is 1. The standard InChI is InChI=1S/C57H69N9O8S2/c1-9-38-12-16-40(17-13-38)50-49-34(2)36(4)76-56(49)66-37(5)63-64-53(66)45(61-50)29-47(68)60-42-20-22-44(23-21-42)74-27-11-25-72-24-10-26-73-32-48(69)62-52(57(6,7)8)55(71)65-31-43(67)28-46(65)54(70)58-30-39-14-18-41(19-15-39)51-35(3)59-33-75-51/h12-23,33,43,45-46,52,67H,9-11,24-32H2,1-8H3,(H,58,70)(H,60,68)(H,62,69)/t43-,45?,46+,52?/m1/s1. The van der Waals surface area contributed by atoms with Gasteiger partial charge in [-0.3, -0.25) is 28.7 Å². The van der Waals surface area contributed by atoms with Crippen LogP contribution in [0.15, 0.2) is 83.3 Å². The lowest BCUT2D eigenvalue weighted by atomic mass is 9.85. The summed E-state index contributed by atoms with van der Waals surface area (Å²) in [6.45, 7) is 17.3. The molecule has 4 atom stereocenters. The van der Waals surface area contributed by atoms with Gasteiger partial charge in [0.05, 0.1) is 40.9 Å². The van der Waals surface area contributed by atoms with Crippen molar-refractivity contribution in [3.63, 3.8) is 0 Å². The Morgan fingerprint density at radius 2 is 1.53 bits per heavy atom. The molecular formula is C57H69N9O8S2. The van der Waals surface area contributed by atoms with Crippen LogP contribution in [0.5, 0.6) is 5.75 Å². The second kappa shape index (κ2) is 25.0. The summed E-state index contributed by atoms with van der Waals surface area (Å²) >= 11 is 3.26. The van der Waals surface area contributed by atoms with Gasteiger partial charge in [-0.25, -0.2) is 4.98 Å². The minimum absolute atomic E-state index is 0.0154. The number of amides is 4. The van der Waals surface area contributed by atoms with Gasteiger partial charge in [-0.1, -0.05) is 76.2 Å². The van der Waals surface area contributed by atoms with Gasteiger partial charge in [0, 0.05) is 67.4 Å². The summed E-state index contributed by atoms with van der Waals surface area (Å²) in [5.74, 6) is 0.568. The number of aliphatic hydroxyl groups excluding tert-OH is 1. The lowest BCUT2D eigenvalue weighted by Crippen LogP contribution is -2.58. The maximum absolute atomic E-state index is 14.0. The number of thiazole rings is 1. The quantitative estimate of drug-likeness (QED) is 0.0477. The summed E-state index contributed by atoms with van der Waals surface area (Å²) < 4.78 is 19.4. The number of rotatable bonds is 22. The van der Waals surface area contributed by atoms with Crippen molar-refractivity contribution in [1.82, 2.24) is 35.3 Å². The molecule has 4 amide bonds. The molecule has 19 heteroatoms. The van der Waals surface area contributed by atoms with Crippen LogP contribution >= 0.6 is 22.7 Å². The smallest absolute Gasteiger partial charge is 0.246 e. The Morgan fingerprint density at radius 1 is 0.842 bits per heavy atom. The molecule has 0 saturated carbocycles. The van der Waals surface area contributed by atoms with Gasteiger partial charge in [0.2, 0.25) is 23.6 Å². The van der Waals surface area contributed by atoms with Crippen LogP contribution < -0.4 is 20.7 Å². The maximum Gasteiger partial charge on any atom is 0.246 e. The van der Waals surface area contributed by atoms with E-state index in [1.165, 1.54) is 15.3 Å². The highest BCUT2D eigenvalue weighted by Gasteiger charge is 2.44. The number of thiophene rings is 1. The topological polar surface area (TPSA) is 211 Å². The van der Waals surface area contributed by atoms with Crippen LogP contribution in [0.4, 0.5) is 5.69 Å². The van der Waals surface area contributed by atoms with E-state index in [-0.39, 0.29) is 51.0 Å². The molecule has 0 aliphatic carbocycles. The summed E-state index contributed by atoms with van der Waals surface area (Å²) in [4.78, 5) is 67.4. The van der Waals surface area contributed by atoms with Crippen LogP contribution in [0.25, 0.3) is 15.4 Å². The number of β-amino-alcohol motifs (C(OH)–C–C–N with tert-alkyl or cyclic N) is 1. The van der Waals surface area contributed by atoms with E-state index in [4.69, 9.17) is 19.2 Å². The number of fused-ring (bicyclic) bond motifs is 3. The van der Waals surface area contributed by atoms with E-state index in [0.717, 1.165) is 61.3 Å². The fourth-order valence-corrected chi connectivity index (χ4v) is 11.3. The monoisotopic (exact) mass is 1070 g/mol. The summed E-state index contributed by atoms with van der Waals surface area (Å²) in [6.07, 6.45) is 1.43. The van der Waals surface area contributed by atoms with Crippen molar-refractivity contribution in [3.8, 4) is 21.2 Å². The predicted molar refractivity (Wildman–Crippen MR) is 295 cm³/mol. The highest BCUT2D eigenvalue weighted by Crippen LogP contribution is 2.40. The van der Waals surface area contributed by atoms with Gasteiger partial charge in [-0.2, -0.15) is 0 Å². The first kappa shape index (κ1) is 55.6. The van der Waals surface area contributed by atoms with E-state index in [2.05, 4.69) is 80.7 Å². The number of anilines is 1.